The molecule has 1 saturated carbocycles. The molecular weight excluding hydrogens is 331 g/mol. The Morgan fingerprint density at radius 3 is 2.39 bits per heavy atom. The third-order valence-corrected chi connectivity index (χ3v) is 4.92. The summed E-state index contributed by atoms with van der Waals surface area (Å²) in [5.41, 5.74) is 0.511. The molecule has 1 aliphatic carbocycles. The highest BCUT2D eigenvalue weighted by Crippen LogP contribution is 2.31. The molecule has 0 aliphatic heterocycles. The van der Waals surface area contributed by atoms with Gasteiger partial charge in [-0.25, -0.2) is 0 Å². The monoisotopic (exact) mass is 347 g/mol. The second kappa shape index (κ2) is 7.35. The lowest BCUT2D eigenvalue weighted by Gasteiger charge is -2.32. The van der Waals surface area contributed by atoms with Gasteiger partial charge in [0.2, 0.25) is 5.12 Å². The average molecular weight is 347 g/mol. The van der Waals surface area contributed by atoms with Crippen LogP contribution in [0.1, 0.15) is 29.6 Å². The fourth-order valence-electron chi connectivity index (χ4n) is 2.43. The number of nitrogens with one attached hydrogen (secondary N) is 1. The SMILES string of the molecule is O=C(S[C@H]1CC[C@@H](NC(=O)C(F)(F)F)C[C@@H]1O)c1ccccc1. The topological polar surface area (TPSA) is 66.4 Å². The summed E-state index contributed by atoms with van der Waals surface area (Å²) in [6.45, 7) is 0. The van der Waals surface area contributed by atoms with Crippen LogP contribution in [0.4, 0.5) is 13.2 Å². The maximum Gasteiger partial charge on any atom is 0.471 e. The Kier molecular flexibility index (Phi) is 5.69. The molecule has 1 aliphatic rings. The van der Waals surface area contributed by atoms with Crippen LogP contribution in [0.15, 0.2) is 30.3 Å². The molecule has 8 heteroatoms. The van der Waals surface area contributed by atoms with Gasteiger partial charge >= 0.3 is 12.1 Å². The lowest BCUT2D eigenvalue weighted by atomic mass is 9.92. The summed E-state index contributed by atoms with van der Waals surface area (Å²) in [6, 6.07) is 7.84. The van der Waals surface area contributed by atoms with E-state index >= 15 is 0 Å². The molecule has 0 spiro atoms. The van der Waals surface area contributed by atoms with Crippen molar-refractivity contribution in [2.75, 3.05) is 0 Å². The van der Waals surface area contributed by atoms with E-state index in [4.69, 9.17) is 0 Å². The Labute approximate surface area is 135 Å². The van der Waals surface area contributed by atoms with E-state index < -0.39 is 24.2 Å². The van der Waals surface area contributed by atoms with Crippen LogP contribution in [0.2, 0.25) is 0 Å². The maximum absolute atomic E-state index is 12.2. The van der Waals surface area contributed by atoms with Crippen LogP contribution in [0.25, 0.3) is 0 Å². The molecule has 0 heterocycles. The Bertz CT molecular complexity index is 565. The number of carbonyl (C=O) groups excluding carboxylic acids is 2. The van der Waals surface area contributed by atoms with Crippen LogP contribution in [-0.2, 0) is 4.79 Å². The highest BCUT2D eigenvalue weighted by molar-refractivity contribution is 8.14. The van der Waals surface area contributed by atoms with E-state index in [0.29, 0.717) is 18.4 Å². The molecule has 2 rings (SSSR count). The largest absolute Gasteiger partial charge is 0.471 e. The summed E-state index contributed by atoms with van der Waals surface area (Å²) < 4.78 is 36.6. The highest BCUT2D eigenvalue weighted by atomic mass is 32.2. The van der Waals surface area contributed by atoms with Gasteiger partial charge in [-0.15, -0.1) is 0 Å². The number of halogens is 3. The summed E-state index contributed by atoms with van der Waals surface area (Å²) in [5.74, 6) is -2.00. The number of thioether (sulfide) groups is 1. The van der Waals surface area contributed by atoms with Gasteiger partial charge in [-0.1, -0.05) is 42.1 Å². The third kappa shape index (κ3) is 4.97. The molecule has 1 aromatic carbocycles. The van der Waals surface area contributed by atoms with E-state index in [2.05, 4.69) is 0 Å². The van der Waals surface area contributed by atoms with Gasteiger partial charge < -0.3 is 10.4 Å². The lowest BCUT2D eigenvalue weighted by Crippen LogP contribution is -2.48. The molecule has 1 aromatic rings. The number of aliphatic hydroxyl groups is 1. The van der Waals surface area contributed by atoms with Crippen molar-refractivity contribution in [2.24, 2.45) is 0 Å². The van der Waals surface area contributed by atoms with Gasteiger partial charge in [-0.3, -0.25) is 9.59 Å². The summed E-state index contributed by atoms with van der Waals surface area (Å²) in [5, 5.41) is 11.3. The van der Waals surface area contributed by atoms with Crippen molar-refractivity contribution in [3.63, 3.8) is 0 Å². The normalized spacial score (nSPS) is 25.0. The fraction of sp³-hybridized carbons (Fsp3) is 0.467. The first kappa shape index (κ1) is 17.8. The Balaban J connectivity index is 1.87. The molecule has 0 radical (unpaired) electrons. The number of aliphatic hydroxyl groups excluding tert-OH is 1. The fourth-order valence-corrected chi connectivity index (χ4v) is 3.50. The number of alkyl halides is 3. The lowest BCUT2D eigenvalue weighted by molar-refractivity contribution is -0.174. The van der Waals surface area contributed by atoms with Crippen LogP contribution in [0.5, 0.6) is 0 Å². The maximum atomic E-state index is 12.2. The summed E-state index contributed by atoms with van der Waals surface area (Å²) in [4.78, 5) is 23.0. The van der Waals surface area contributed by atoms with E-state index in [1.165, 1.54) is 0 Å². The molecule has 4 nitrogen and oxygen atoms in total. The van der Waals surface area contributed by atoms with Gasteiger partial charge in [0.15, 0.2) is 0 Å². The first-order valence-corrected chi connectivity index (χ1v) is 7.97. The first-order chi connectivity index (χ1) is 10.8. The summed E-state index contributed by atoms with van der Waals surface area (Å²) >= 11 is 0.984. The number of hydrogen-bond acceptors (Lipinski definition) is 4. The van der Waals surface area contributed by atoms with E-state index in [9.17, 15) is 27.9 Å². The second-order valence-electron chi connectivity index (χ2n) is 5.36. The Morgan fingerprint density at radius 2 is 1.83 bits per heavy atom. The van der Waals surface area contributed by atoms with Crippen LogP contribution in [-0.4, -0.2) is 39.7 Å². The van der Waals surface area contributed by atoms with E-state index in [0.717, 1.165) is 11.8 Å². The predicted molar refractivity (Wildman–Crippen MR) is 80.0 cm³/mol. The number of hydrogen-bond donors (Lipinski definition) is 2. The van der Waals surface area contributed by atoms with Crippen LogP contribution in [0.3, 0.4) is 0 Å². The van der Waals surface area contributed by atoms with Crippen molar-refractivity contribution in [2.45, 2.75) is 42.8 Å². The molecule has 23 heavy (non-hydrogen) atoms. The summed E-state index contributed by atoms with van der Waals surface area (Å²) in [6.07, 6.45) is -5.23. The molecule has 3 atom stereocenters. The van der Waals surface area contributed by atoms with Gasteiger partial charge in [0.1, 0.15) is 0 Å². The third-order valence-electron chi connectivity index (χ3n) is 3.62. The van der Waals surface area contributed by atoms with Crippen molar-refractivity contribution in [3.05, 3.63) is 35.9 Å². The van der Waals surface area contributed by atoms with Crippen LogP contribution in [0, 0.1) is 0 Å². The quantitative estimate of drug-likeness (QED) is 0.882. The number of amides is 1. The van der Waals surface area contributed by atoms with Crippen molar-refractivity contribution in [1.29, 1.82) is 0 Å². The minimum atomic E-state index is -4.93. The smallest absolute Gasteiger partial charge is 0.392 e. The minimum absolute atomic E-state index is 0.00154. The standard InChI is InChI=1S/C15H16F3NO3S/c16-15(17,18)14(22)19-10-6-7-12(11(20)8-10)23-13(21)9-4-2-1-3-5-9/h1-5,10-12,20H,6-8H2,(H,19,22)/t10-,11+,12+/m1/s1. The zero-order valence-electron chi connectivity index (χ0n) is 12.0. The van der Waals surface area contributed by atoms with E-state index in [1.807, 2.05) is 5.32 Å². The molecule has 1 fully saturated rings. The van der Waals surface area contributed by atoms with Gasteiger partial charge in [-0.05, 0) is 19.3 Å². The molecule has 2 N–H and O–H groups in total. The van der Waals surface area contributed by atoms with Crippen LogP contribution < -0.4 is 5.32 Å². The molecule has 0 saturated heterocycles. The number of rotatable bonds is 3. The average Bonchev–Trinajstić information content (AvgIpc) is 2.50. The van der Waals surface area contributed by atoms with E-state index in [-0.39, 0.29) is 16.8 Å². The van der Waals surface area contributed by atoms with Gasteiger partial charge in [0, 0.05) is 16.9 Å². The highest BCUT2D eigenvalue weighted by Gasteiger charge is 2.41. The molecule has 126 valence electrons. The van der Waals surface area contributed by atoms with Crippen LogP contribution >= 0.6 is 11.8 Å². The molecule has 0 bridgehead atoms. The van der Waals surface area contributed by atoms with Gasteiger partial charge in [-0.2, -0.15) is 13.2 Å². The van der Waals surface area contributed by atoms with Crippen molar-refractivity contribution in [3.8, 4) is 0 Å². The molecule has 0 unspecified atom stereocenters. The van der Waals surface area contributed by atoms with Crippen molar-refractivity contribution in [1.82, 2.24) is 5.32 Å². The minimum Gasteiger partial charge on any atom is -0.392 e. The van der Waals surface area contributed by atoms with Gasteiger partial charge in [0.05, 0.1) is 6.10 Å². The molecule has 1 amide bonds. The van der Waals surface area contributed by atoms with Crippen molar-refractivity contribution >= 4 is 22.8 Å². The molecular formula is C15H16F3NO3S. The van der Waals surface area contributed by atoms with E-state index in [1.54, 1.807) is 30.3 Å². The second-order valence-corrected chi connectivity index (χ2v) is 6.57. The van der Waals surface area contributed by atoms with Gasteiger partial charge in [0.25, 0.3) is 0 Å². The zero-order chi connectivity index (χ0) is 17.0. The number of carbonyl (C=O) groups is 2. The zero-order valence-corrected chi connectivity index (χ0v) is 12.9. The summed E-state index contributed by atoms with van der Waals surface area (Å²) in [7, 11) is 0. The Morgan fingerprint density at radius 1 is 1.17 bits per heavy atom. The first-order valence-electron chi connectivity index (χ1n) is 7.09. The van der Waals surface area contributed by atoms with Crippen molar-refractivity contribution < 1.29 is 27.9 Å². The Hall–Kier alpha value is -1.54. The predicted octanol–water partition coefficient (Wildman–Crippen LogP) is 2.52. The molecule has 0 aromatic heterocycles. The number of benzene rings is 1.